The fourth-order valence-electron chi connectivity index (χ4n) is 2.57. The van der Waals surface area contributed by atoms with Gasteiger partial charge in [-0.05, 0) is 30.0 Å². The Kier molecular flexibility index (Phi) is 5.59. The van der Waals surface area contributed by atoms with Crippen LogP contribution >= 0.6 is 0 Å². The third-order valence-corrected chi connectivity index (χ3v) is 3.94. The maximum Gasteiger partial charge on any atom is 0.265 e. The molecule has 0 saturated heterocycles. The second-order valence-electron chi connectivity index (χ2n) is 5.36. The van der Waals surface area contributed by atoms with Crippen LogP contribution in [-0.4, -0.2) is 32.8 Å². The Morgan fingerprint density at radius 2 is 2.29 bits per heavy atom. The number of ether oxygens (including phenoxy) is 2. The lowest BCUT2D eigenvalue weighted by atomic mass is 10.0. The number of carbonyl (C=O) groups is 1. The largest absolute Gasteiger partial charge is 0.482 e. The fraction of sp³-hybridized carbons (Fsp3) is 0.562. The summed E-state index contributed by atoms with van der Waals surface area (Å²) in [5.41, 5.74) is 7.52. The molecule has 21 heavy (non-hydrogen) atoms. The molecule has 0 aromatic heterocycles. The number of carbonyl (C=O) groups excluding carboxylic acids is 1. The minimum absolute atomic E-state index is 0.00365. The number of nitrogens with zero attached hydrogens (tertiary/aromatic N) is 1. The minimum atomic E-state index is 0.00365. The Labute approximate surface area is 126 Å². The monoisotopic (exact) mass is 292 g/mol. The lowest BCUT2D eigenvalue weighted by Crippen LogP contribution is -2.40. The number of hydrogen-bond donors (Lipinski definition) is 1. The van der Waals surface area contributed by atoms with Gasteiger partial charge in [-0.3, -0.25) is 4.79 Å². The lowest BCUT2D eigenvalue weighted by molar-refractivity contribution is -0.121. The van der Waals surface area contributed by atoms with Gasteiger partial charge < -0.3 is 20.1 Å². The number of anilines is 1. The number of rotatable bonds is 7. The van der Waals surface area contributed by atoms with Gasteiger partial charge in [-0.1, -0.05) is 19.4 Å². The predicted octanol–water partition coefficient (Wildman–Crippen LogP) is 1.93. The summed E-state index contributed by atoms with van der Waals surface area (Å²) in [7, 11) is 1.71. The summed E-state index contributed by atoms with van der Waals surface area (Å²) in [5.74, 6) is 1.22. The number of amides is 1. The Balaban J connectivity index is 2.13. The topological polar surface area (TPSA) is 64.8 Å². The van der Waals surface area contributed by atoms with Crippen LogP contribution in [0.15, 0.2) is 18.2 Å². The number of benzene rings is 1. The highest BCUT2D eigenvalue weighted by atomic mass is 16.5. The zero-order chi connectivity index (χ0) is 15.2. The van der Waals surface area contributed by atoms with Gasteiger partial charge >= 0.3 is 0 Å². The van der Waals surface area contributed by atoms with Crippen molar-refractivity contribution < 1.29 is 14.3 Å². The first-order valence-electron chi connectivity index (χ1n) is 7.44. The van der Waals surface area contributed by atoms with E-state index in [0.29, 0.717) is 19.0 Å². The minimum Gasteiger partial charge on any atom is -0.482 e. The van der Waals surface area contributed by atoms with Crippen LogP contribution in [0.4, 0.5) is 5.69 Å². The smallest absolute Gasteiger partial charge is 0.265 e. The van der Waals surface area contributed by atoms with E-state index in [1.54, 1.807) is 7.11 Å². The third kappa shape index (κ3) is 3.74. The van der Waals surface area contributed by atoms with Crippen LogP contribution in [0.3, 0.4) is 0 Å². The van der Waals surface area contributed by atoms with Gasteiger partial charge in [0.25, 0.3) is 5.91 Å². The van der Waals surface area contributed by atoms with E-state index < -0.39 is 0 Å². The van der Waals surface area contributed by atoms with Gasteiger partial charge in [-0.25, -0.2) is 0 Å². The van der Waals surface area contributed by atoms with Crippen LogP contribution in [-0.2, 0) is 16.1 Å². The van der Waals surface area contributed by atoms with E-state index in [4.69, 9.17) is 15.2 Å². The van der Waals surface area contributed by atoms with Gasteiger partial charge in [0.05, 0.1) is 5.69 Å². The normalized spacial score (nSPS) is 15.6. The maximum atomic E-state index is 12.2. The Morgan fingerprint density at radius 3 is 2.95 bits per heavy atom. The molecule has 0 spiro atoms. The van der Waals surface area contributed by atoms with E-state index >= 15 is 0 Å². The van der Waals surface area contributed by atoms with Gasteiger partial charge in [0, 0.05) is 26.8 Å². The Morgan fingerprint density at radius 1 is 1.48 bits per heavy atom. The summed E-state index contributed by atoms with van der Waals surface area (Å²) in [6.45, 7) is 4.12. The molecule has 0 fully saturated rings. The van der Waals surface area contributed by atoms with Crippen molar-refractivity contribution in [1.82, 2.24) is 0 Å². The molecule has 1 atom stereocenters. The van der Waals surface area contributed by atoms with Gasteiger partial charge in [0.2, 0.25) is 0 Å². The molecular weight excluding hydrogens is 268 g/mol. The van der Waals surface area contributed by atoms with Crippen molar-refractivity contribution in [3.8, 4) is 5.75 Å². The fourth-order valence-corrected chi connectivity index (χ4v) is 2.57. The molecule has 2 rings (SSSR count). The molecule has 1 amide bonds. The number of methoxy groups -OCH3 is 1. The van der Waals surface area contributed by atoms with E-state index in [1.807, 2.05) is 23.1 Å². The Hall–Kier alpha value is -1.59. The van der Waals surface area contributed by atoms with E-state index in [9.17, 15) is 4.79 Å². The van der Waals surface area contributed by atoms with Crippen molar-refractivity contribution in [2.24, 2.45) is 11.7 Å². The first kappa shape index (κ1) is 15.8. The van der Waals surface area contributed by atoms with Crippen LogP contribution in [0.5, 0.6) is 5.75 Å². The molecule has 1 unspecified atom stereocenters. The molecule has 0 radical (unpaired) electrons. The molecule has 1 aliphatic rings. The van der Waals surface area contributed by atoms with Gasteiger partial charge in [0.1, 0.15) is 5.75 Å². The van der Waals surface area contributed by atoms with E-state index in [1.165, 1.54) is 0 Å². The predicted molar refractivity (Wildman–Crippen MR) is 82.5 cm³/mol. The van der Waals surface area contributed by atoms with E-state index in [-0.39, 0.29) is 12.5 Å². The molecule has 1 aromatic carbocycles. The molecule has 0 aliphatic carbocycles. The Bertz CT molecular complexity index is 490. The molecule has 1 heterocycles. The average molecular weight is 292 g/mol. The quantitative estimate of drug-likeness (QED) is 0.834. The van der Waals surface area contributed by atoms with Crippen LogP contribution in [0, 0.1) is 5.92 Å². The second-order valence-corrected chi connectivity index (χ2v) is 5.36. The molecule has 5 heteroatoms. The molecule has 1 aromatic rings. The summed E-state index contributed by atoms with van der Waals surface area (Å²) >= 11 is 0. The van der Waals surface area contributed by atoms with Gasteiger partial charge in [-0.2, -0.15) is 0 Å². The molecule has 5 nitrogen and oxygen atoms in total. The van der Waals surface area contributed by atoms with Crippen LogP contribution in [0.2, 0.25) is 0 Å². The summed E-state index contributed by atoms with van der Waals surface area (Å²) in [4.78, 5) is 14.0. The summed E-state index contributed by atoms with van der Waals surface area (Å²) in [5, 5.41) is 0. The van der Waals surface area contributed by atoms with Crippen molar-refractivity contribution in [2.45, 2.75) is 26.3 Å². The standard InChI is InChI=1S/C16H24N2O3/c1-3-12(10-20-2)6-7-18-14-8-13(9-17)4-5-15(14)21-11-16(18)19/h4-5,8,12H,3,6-7,9-11,17H2,1-2H3. The summed E-state index contributed by atoms with van der Waals surface area (Å²) in [6.07, 6.45) is 1.96. The van der Waals surface area contributed by atoms with E-state index in [2.05, 4.69) is 6.92 Å². The molecule has 2 N–H and O–H groups in total. The van der Waals surface area contributed by atoms with Gasteiger partial charge in [-0.15, -0.1) is 0 Å². The van der Waals surface area contributed by atoms with E-state index in [0.717, 1.165) is 36.4 Å². The SMILES string of the molecule is CCC(CCN1C(=O)COc2ccc(CN)cc21)COC. The average Bonchev–Trinajstić information content (AvgIpc) is 2.52. The highest BCUT2D eigenvalue weighted by molar-refractivity contribution is 5.97. The van der Waals surface area contributed by atoms with Crippen molar-refractivity contribution in [1.29, 1.82) is 0 Å². The van der Waals surface area contributed by atoms with Crippen molar-refractivity contribution in [3.63, 3.8) is 0 Å². The zero-order valence-electron chi connectivity index (χ0n) is 12.8. The number of hydrogen-bond acceptors (Lipinski definition) is 4. The van der Waals surface area contributed by atoms with Crippen molar-refractivity contribution >= 4 is 11.6 Å². The third-order valence-electron chi connectivity index (χ3n) is 3.94. The zero-order valence-corrected chi connectivity index (χ0v) is 12.8. The maximum absolute atomic E-state index is 12.2. The number of fused-ring (bicyclic) bond motifs is 1. The summed E-state index contributed by atoms with van der Waals surface area (Å²) in [6, 6.07) is 5.78. The highest BCUT2D eigenvalue weighted by Gasteiger charge is 2.26. The van der Waals surface area contributed by atoms with Crippen LogP contribution < -0.4 is 15.4 Å². The molecule has 0 bridgehead atoms. The molecule has 116 valence electrons. The van der Waals surface area contributed by atoms with Crippen LogP contribution in [0.1, 0.15) is 25.3 Å². The van der Waals surface area contributed by atoms with Gasteiger partial charge in [0.15, 0.2) is 6.61 Å². The van der Waals surface area contributed by atoms with Crippen LogP contribution in [0.25, 0.3) is 0 Å². The van der Waals surface area contributed by atoms with Crippen molar-refractivity contribution in [3.05, 3.63) is 23.8 Å². The lowest BCUT2D eigenvalue weighted by Gasteiger charge is -2.31. The van der Waals surface area contributed by atoms with Crippen molar-refractivity contribution in [2.75, 3.05) is 31.8 Å². The summed E-state index contributed by atoms with van der Waals surface area (Å²) < 4.78 is 10.7. The molecule has 1 aliphatic heterocycles. The number of nitrogens with two attached hydrogens (primary N) is 1. The molecular formula is C16H24N2O3. The first-order chi connectivity index (χ1) is 10.2. The first-order valence-corrected chi connectivity index (χ1v) is 7.44. The molecule has 0 saturated carbocycles. The second kappa shape index (κ2) is 7.43. The highest BCUT2D eigenvalue weighted by Crippen LogP contribution is 2.33.